The van der Waals surface area contributed by atoms with Crippen molar-refractivity contribution in [3.63, 3.8) is 0 Å². The summed E-state index contributed by atoms with van der Waals surface area (Å²) in [5.74, 6) is 0.860. The van der Waals surface area contributed by atoms with Crippen molar-refractivity contribution >= 4 is 0 Å². The summed E-state index contributed by atoms with van der Waals surface area (Å²) in [5, 5.41) is 0. The number of aryl methyl sites for hydroxylation is 1. The van der Waals surface area contributed by atoms with Crippen LogP contribution in [0, 0.1) is 6.92 Å². The topological polar surface area (TPSA) is 70.5 Å². The zero-order valence-corrected chi connectivity index (χ0v) is 10.3. The first-order chi connectivity index (χ1) is 8.08. The molecule has 1 aliphatic heterocycles. The maximum absolute atomic E-state index is 6.07. The van der Waals surface area contributed by atoms with E-state index < -0.39 is 0 Å². The minimum Gasteiger partial charge on any atom is -0.486 e. The molecule has 1 aromatic carbocycles. The molecule has 0 aliphatic carbocycles. The van der Waals surface area contributed by atoms with Crippen molar-refractivity contribution in [3.8, 4) is 5.75 Å². The molecule has 0 aromatic heterocycles. The summed E-state index contributed by atoms with van der Waals surface area (Å²) in [7, 11) is 0. The lowest BCUT2D eigenvalue weighted by atomic mass is 9.99. The van der Waals surface area contributed by atoms with Gasteiger partial charge in [0.2, 0.25) is 0 Å². The van der Waals surface area contributed by atoms with Crippen LogP contribution in [0.4, 0.5) is 0 Å². The molecule has 4 N–H and O–H groups in total. The Balaban J connectivity index is 2.10. The molecule has 2 rings (SSSR count). The number of para-hydroxylation sites is 1. The van der Waals surface area contributed by atoms with Crippen molar-refractivity contribution in [2.45, 2.75) is 44.7 Å². The highest BCUT2D eigenvalue weighted by Gasteiger charge is 2.34. The van der Waals surface area contributed by atoms with E-state index in [0.717, 1.165) is 11.3 Å². The molecule has 1 unspecified atom stereocenters. The van der Waals surface area contributed by atoms with Gasteiger partial charge in [0.15, 0.2) is 0 Å². The second kappa shape index (κ2) is 5.04. The Hall–Kier alpha value is -1.10. The van der Waals surface area contributed by atoms with Crippen molar-refractivity contribution in [3.05, 3.63) is 29.8 Å². The van der Waals surface area contributed by atoms with E-state index in [1.54, 1.807) is 0 Å². The van der Waals surface area contributed by atoms with E-state index in [1.807, 2.05) is 38.1 Å². The van der Waals surface area contributed by atoms with Gasteiger partial charge in [0.1, 0.15) is 18.1 Å². The van der Waals surface area contributed by atoms with E-state index in [9.17, 15) is 0 Å². The maximum atomic E-state index is 6.07. The Morgan fingerprint density at radius 3 is 2.65 bits per heavy atom. The third kappa shape index (κ3) is 2.77. The fourth-order valence-corrected chi connectivity index (χ4v) is 2.18. The lowest BCUT2D eigenvalue weighted by Crippen LogP contribution is -2.56. The van der Waals surface area contributed by atoms with Crippen molar-refractivity contribution in [2.75, 3.05) is 0 Å². The molecular weight excluding hydrogens is 216 g/mol. The lowest BCUT2D eigenvalue weighted by molar-refractivity contribution is -0.105. The van der Waals surface area contributed by atoms with Crippen LogP contribution in [-0.2, 0) is 4.74 Å². The molecule has 4 heteroatoms. The molecular formula is C13H20N2O2. The van der Waals surface area contributed by atoms with Gasteiger partial charge in [-0.25, -0.2) is 0 Å². The average molecular weight is 236 g/mol. The molecule has 0 saturated carbocycles. The summed E-state index contributed by atoms with van der Waals surface area (Å²) in [6, 6.07) is 7.81. The predicted molar refractivity (Wildman–Crippen MR) is 66.7 cm³/mol. The van der Waals surface area contributed by atoms with Crippen molar-refractivity contribution in [1.82, 2.24) is 0 Å². The van der Waals surface area contributed by atoms with E-state index in [0.29, 0.717) is 6.42 Å². The first kappa shape index (κ1) is 12.4. The largest absolute Gasteiger partial charge is 0.486 e. The fourth-order valence-electron chi connectivity index (χ4n) is 2.18. The van der Waals surface area contributed by atoms with Gasteiger partial charge in [0.05, 0.1) is 6.10 Å². The molecule has 0 spiro atoms. The molecule has 4 atom stereocenters. The minimum absolute atomic E-state index is 0.0895. The Bertz CT molecular complexity index is 371. The van der Waals surface area contributed by atoms with Crippen LogP contribution in [0.25, 0.3) is 0 Å². The van der Waals surface area contributed by atoms with Gasteiger partial charge in [-0.2, -0.15) is 0 Å². The van der Waals surface area contributed by atoms with E-state index in [-0.39, 0.29) is 24.5 Å². The Morgan fingerprint density at radius 2 is 2.00 bits per heavy atom. The van der Waals surface area contributed by atoms with Gasteiger partial charge in [-0.1, -0.05) is 18.2 Å². The third-order valence-corrected chi connectivity index (χ3v) is 3.14. The van der Waals surface area contributed by atoms with E-state index in [1.165, 1.54) is 0 Å². The van der Waals surface area contributed by atoms with Crippen molar-refractivity contribution < 1.29 is 9.47 Å². The van der Waals surface area contributed by atoms with Gasteiger partial charge < -0.3 is 20.9 Å². The number of hydrogen-bond acceptors (Lipinski definition) is 4. The van der Waals surface area contributed by atoms with Gasteiger partial charge in [-0.3, -0.25) is 0 Å². The van der Waals surface area contributed by atoms with Crippen LogP contribution in [0.2, 0.25) is 0 Å². The lowest BCUT2D eigenvalue weighted by Gasteiger charge is -2.37. The highest BCUT2D eigenvalue weighted by Crippen LogP contribution is 2.24. The molecule has 0 bridgehead atoms. The first-order valence-electron chi connectivity index (χ1n) is 5.97. The predicted octanol–water partition coefficient (Wildman–Crippen LogP) is 1.16. The van der Waals surface area contributed by atoms with E-state index in [2.05, 4.69) is 0 Å². The minimum atomic E-state index is -0.281. The molecule has 1 fully saturated rings. The molecule has 17 heavy (non-hydrogen) atoms. The number of nitrogens with two attached hydrogens (primary N) is 2. The fraction of sp³-hybridized carbons (Fsp3) is 0.538. The highest BCUT2D eigenvalue weighted by atomic mass is 16.6. The zero-order valence-electron chi connectivity index (χ0n) is 10.3. The standard InChI is InChI=1S/C13H20N2O2/c1-8-5-3-4-6-11(8)17-13-9(2)16-12(15)7-10(13)14/h3-6,9-10,12-13H,7,14-15H2,1-2H3/t9-,10+,12?,13-/m0/s1. The summed E-state index contributed by atoms with van der Waals surface area (Å²) in [4.78, 5) is 0. The monoisotopic (exact) mass is 236 g/mol. The average Bonchev–Trinajstić information content (AvgIpc) is 2.25. The molecule has 0 amide bonds. The van der Waals surface area contributed by atoms with Crippen LogP contribution in [-0.4, -0.2) is 24.5 Å². The van der Waals surface area contributed by atoms with Crippen LogP contribution >= 0.6 is 0 Å². The number of ether oxygens (including phenoxy) is 2. The number of benzene rings is 1. The number of hydrogen-bond donors (Lipinski definition) is 2. The van der Waals surface area contributed by atoms with Crippen molar-refractivity contribution in [1.29, 1.82) is 0 Å². The molecule has 4 nitrogen and oxygen atoms in total. The zero-order chi connectivity index (χ0) is 12.4. The van der Waals surface area contributed by atoms with Crippen LogP contribution < -0.4 is 16.2 Å². The Labute approximate surface area is 102 Å². The van der Waals surface area contributed by atoms with Gasteiger partial charge >= 0.3 is 0 Å². The van der Waals surface area contributed by atoms with Crippen LogP contribution in [0.15, 0.2) is 24.3 Å². The van der Waals surface area contributed by atoms with E-state index in [4.69, 9.17) is 20.9 Å². The maximum Gasteiger partial charge on any atom is 0.140 e. The normalized spacial score (nSPS) is 33.4. The summed E-state index contributed by atoms with van der Waals surface area (Å²) in [6.07, 6.45) is 0.113. The molecule has 1 aliphatic rings. The van der Waals surface area contributed by atoms with Crippen molar-refractivity contribution in [2.24, 2.45) is 11.5 Å². The van der Waals surface area contributed by atoms with Crippen LogP contribution in [0.3, 0.4) is 0 Å². The summed E-state index contributed by atoms with van der Waals surface area (Å²) < 4.78 is 11.5. The summed E-state index contributed by atoms with van der Waals surface area (Å²) in [5.41, 5.74) is 12.9. The smallest absolute Gasteiger partial charge is 0.140 e. The second-order valence-electron chi connectivity index (χ2n) is 4.63. The Kier molecular flexibility index (Phi) is 3.66. The SMILES string of the molecule is Cc1ccccc1O[C@@H]1[C@H](N)CC(N)O[C@H]1C. The quantitative estimate of drug-likeness (QED) is 0.808. The molecule has 94 valence electrons. The van der Waals surface area contributed by atoms with Gasteiger partial charge in [-0.15, -0.1) is 0 Å². The number of rotatable bonds is 2. The summed E-state index contributed by atoms with van der Waals surface area (Å²) in [6.45, 7) is 3.96. The molecule has 1 heterocycles. The molecule has 1 aromatic rings. The highest BCUT2D eigenvalue weighted by molar-refractivity contribution is 5.32. The second-order valence-corrected chi connectivity index (χ2v) is 4.63. The third-order valence-electron chi connectivity index (χ3n) is 3.14. The molecule has 0 radical (unpaired) electrons. The van der Waals surface area contributed by atoms with Crippen LogP contribution in [0.1, 0.15) is 18.9 Å². The first-order valence-corrected chi connectivity index (χ1v) is 5.97. The van der Waals surface area contributed by atoms with Gasteiger partial charge in [-0.05, 0) is 25.5 Å². The van der Waals surface area contributed by atoms with E-state index >= 15 is 0 Å². The van der Waals surface area contributed by atoms with Gasteiger partial charge in [0.25, 0.3) is 0 Å². The van der Waals surface area contributed by atoms with Crippen LogP contribution in [0.5, 0.6) is 5.75 Å². The molecule has 1 saturated heterocycles. The summed E-state index contributed by atoms with van der Waals surface area (Å²) >= 11 is 0. The van der Waals surface area contributed by atoms with Gasteiger partial charge in [0, 0.05) is 12.5 Å². The Morgan fingerprint density at radius 1 is 1.29 bits per heavy atom.